The van der Waals surface area contributed by atoms with Crippen LogP contribution in [0, 0.1) is 13.8 Å². The Hall–Kier alpha value is -3.49. The maximum atomic E-state index is 12.8. The molecule has 1 aliphatic rings. The molecule has 35 heavy (non-hydrogen) atoms. The van der Waals surface area contributed by atoms with Crippen LogP contribution in [0.5, 0.6) is 0 Å². The number of nitrogens with zero attached hydrogens (tertiary/aromatic N) is 5. The molecule has 2 aromatic carbocycles. The number of hydrogen-bond acceptors (Lipinski definition) is 5. The van der Waals surface area contributed by atoms with E-state index in [4.69, 9.17) is 0 Å². The minimum absolute atomic E-state index is 0.0158. The fourth-order valence-corrected chi connectivity index (χ4v) is 4.41. The lowest BCUT2D eigenvalue weighted by atomic mass is 10.1. The molecule has 8 heteroatoms. The van der Waals surface area contributed by atoms with Crippen molar-refractivity contribution in [2.45, 2.75) is 20.4 Å². The van der Waals surface area contributed by atoms with Crippen LogP contribution < -0.4 is 5.32 Å². The fraction of sp³-hybridized carbons (Fsp3) is 0.370. The normalized spacial score (nSPS) is 14.3. The molecule has 1 aliphatic heterocycles. The predicted molar refractivity (Wildman–Crippen MR) is 137 cm³/mol. The molecule has 3 aromatic rings. The molecule has 0 aliphatic carbocycles. The quantitative estimate of drug-likeness (QED) is 0.544. The number of amides is 2. The maximum absolute atomic E-state index is 12.8. The number of rotatable bonds is 8. The molecule has 2 heterocycles. The third kappa shape index (κ3) is 6.55. The van der Waals surface area contributed by atoms with Gasteiger partial charge in [0.05, 0.1) is 25.0 Å². The zero-order valence-corrected chi connectivity index (χ0v) is 20.8. The van der Waals surface area contributed by atoms with Crippen molar-refractivity contribution in [1.29, 1.82) is 0 Å². The van der Waals surface area contributed by atoms with Crippen molar-refractivity contribution < 1.29 is 9.59 Å². The first-order valence-corrected chi connectivity index (χ1v) is 12.0. The first-order chi connectivity index (χ1) is 16.9. The third-order valence-corrected chi connectivity index (χ3v) is 6.35. The second-order valence-corrected chi connectivity index (χ2v) is 9.27. The molecular formula is C27H34N6O2. The zero-order chi connectivity index (χ0) is 24.8. The topological polar surface area (TPSA) is 73.7 Å². The highest BCUT2D eigenvalue weighted by atomic mass is 16.2. The highest BCUT2D eigenvalue weighted by Gasteiger charge is 2.23. The molecule has 1 fully saturated rings. The van der Waals surface area contributed by atoms with Crippen LogP contribution in [0.2, 0.25) is 0 Å². The van der Waals surface area contributed by atoms with Crippen LogP contribution in [-0.4, -0.2) is 82.6 Å². The second-order valence-electron chi connectivity index (χ2n) is 9.27. The van der Waals surface area contributed by atoms with Gasteiger partial charge in [0.1, 0.15) is 0 Å². The smallest absolute Gasteiger partial charge is 0.238 e. The van der Waals surface area contributed by atoms with Gasteiger partial charge in [0.25, 0.3) is 0 Å². The van der Waals surface area contributed by atoms with Gasteiger partial charge in [-0.2, -0.15) is 5.10 Å². The summed E-state index contributed by atoms with van der Waals surface area (Å²) in [7, 11) is 1.95. The van der Waals surface area contributed by atoms with Gasteiger partial charge in [-0.3, -0.25) is 19.4 Å². The summed E-state index contributed by atoms with van der Waals surface area (Å²) in [5, 5.41) is 7.48. The number of aromatic nitrogens is 2. The SMILES string of the molecule is Cc1cccc(C)c1NC(=O)CN1CCN(C(=O)CN(C)Cc2cnn(-c3ccccc3)c2)CC1. The molecule has 2 amide bonds. The first kappa shape index (κ1) is 24.6. The minimum atomic E-state index is -0.0158. The van der Waals surface area contributed by atoms with Crippen molar-refractivity contribution in [3.05, 3.63) is 77.6 Å². The Balaban J connectivity index is 1.20. The van der Waals surface area contributed by atoms with Gasteiger partial charge in [-0.15, -0.1) is 0 Å². The van der Waals surface area contributed by atoms with Gasteiger partial charge < -0.3 is 10.2 Å². The van der Waals surface area contributed by atoms with E-state index in [1.54, 1.807) is 0 Å². The summed E-state index contributed by atoms with van der Waals surface area (Å²) in [5.41, 5.74) is 5.08. The van der Waals surface area contributed by atoms with Gasteiger partial charge in [-0.1, -0.05) is 36.4 Å². The molecular weight excluding hydrogens is 440 g/mol. The van der Waals surface area contributed by atoms with Gasteiger partial charge >= 0.3 is 0 Å². The molecule has 1 N–H and O–H groups in total. The van der Waals surface area contributed by atoms with E-state index in [1.165, 1.54) is 0 Å². The molecule has 8 nitrogen and oxygen atoms in total. The van der Waals surface area contributed by atoms with E-state index < -0.39 is 0 Å². The number of hydrogen-bond donors (Lipinski definition) is 1. The van der Waals surface area contributed by atoms with E-state index in [0.29, 0.717) is 45.8 Å². The van der Waals surface area contributed by atoms with Gasteiger partial charge in [-0.25, -0.2) is 4.68 Å². The van der Waals surface area contributed by atoms with Gasteiger partial charge in [0.2, 0.25) is 11.8 Å². The van der Waals surface area contributed by atoms with Crippen LogP contribution in [0.25, 0.3) is 5.69 Å². The molecule has 4 rings (SSSR count). The Morgan fingerprint density at radius 2 is 1.66 bits per heavy atom. The fourth-order valence-electron chi connectivity index (χ4n) is 4.41. The van der Waals surface area contributed by atoms with Crippen LogP contribution >= 0.6 is 0 Å². The van der Waals surface area contributed by atoms with Gasteiger partial charge in [0, 0.05) is 50.2 Å². The molecule has 0 atom stereocenters. The van der Waals surface area contributed by atoms with Crippen molar-refractivity contribution in [3.8, 4) is 5.69 Å². The molecule has 0 spiro atoms. The van der Waals surface area contributed by atoms with E-state index in [2.05, 4.69) is 15.3 Å². The lowest BCUT2D eigenvalue weighted by molar-refractivity contribution is -0.134. The van der Waals surface area contributed by atoms with Crippen molar-refractivity contribution >= 4 is 17.5 Å². The van der Waals surface area contributed by atoms with Crippen LogP contribution in [0.15, 0.2) is 60.9 Å². The third-order valence-electron chi connectivity index (χ3n) is 6.35. The summed E-state index contributed by atoms with van der Waals surface area (Å²) in [6.45, 7) is 7.99. The maximum Gasteiger partial charge on any atom is 0.238 e. The number of benzene rings is 2. The monoisotopic (exact) mass is 474 g/mol. The van der Waals surface area contributed by atoms with Gasteiger partial charge in [-0.05, 0) is 44.2 Å². The van der Waals surface area contributed by atoms with E-state index in [0.717, 1.165) is 28.1 Å². The molecule has 0 unspecified atom stereocenters. The largest absolute Gasteiger partial charge is 0.339 e. The van der Waals surface area contributed by atoms with Crippen molar-refractivity contribution in [2.24, 2.45) is 0 Å². The summed E-state index contributed by atoms with van der Waals surface area (Å²) >= 11 is 0. The van der Waals surface area contributed by atoms with Crippen LogP contribution in [0.4, 0.5) is 5.69 Å². The predicted octanol–water partition coefficient (Wildman–Crippen LogP) is 2.70. The number of likely N-dealkylation sites (N-methyl/N-ethyl adjacent to an activating group) is 1. The van der Waals surface area contributed by atoms with E-state index in [1.807, 2.05) is 96.3 Å². The summed E-state index contributed by atoms with van der Waals surface area (Å²) in [4.78, 5) is 31.4. The number of piperazine rings is 1. The summed E-state index contributed by atoms with van der Waals surface area (Å²) in [6, 6.07) is 16.0. The summed E-state index contributed by atoms with van der Waals surface area (Å²) < 4.78 is 1.85. The second kappa shape index (κ2) is 11.3. The van der Waals surface area contributed by atoms with Crippen molar-refractivity contribution in [2.75, 3.05) is 51.6 Å². The molecule has 0 bridgehead atoms. The summed E-state index contributed by atoms with van der Waals surface area (Å²) in [5.74, 6) is 0.0977. The van der Waals surface area contributed by atoms with Crippen molar-refractivity contribution in [3.63, 3.8) is 0 Å². The van der Waals surface area contributed by atoms with E-state index in [9.17, 15) is 9.59 Å². The first-order valence-electron chi connectivity index (χ1n) is 12.0. The average molecular weight is 475 g/mol. The number of para-hydroxylation sites is 2. The highest BCUT2D eigenvalue weighted by molar-refractivity contribution is 5.93. The van der Waals surface area contributed by atoms with E-state index in [-0.39, 0.29) is 11.8 Å². The molecule has 184 valence electrons. The average Bonchev–Trinajstić information content (AvgIpc) is 3.31. The minimum Gasteiger partial charge on any atom is -0.339 e. The summed E-state index contributed by atoms with van der Waals surface area (Å²) in [6.07, 6.45) is 3.84. The number of carbonyl (C=O) groups is 2. The lowest BCUT2D eigenvalue weighted by Crippen LogP contribution is -2.52. The van der Waals surface area contributed by atoms with Crippen LogP contribution in [0.1, 0.15) is 16.7 Å². The Kier molecular flexibility index (Phi) is 7.94. The number of anilines is 1. The highest BCUT2D eigenvalue weighted by Crippen LogP contribution is 2.19. The molecule has 0 radical (unpaired) electrons. The number of aryl methyl sites for hydroxylation is 2. The lowest BCUT2D eigenvalue weighted by Gasteiger charge is -2.35. The van der Waals surface area contributed by atoms with Crippen LogP contribution in [-0.2, 0) is 16.1 Å². The molecule has 1 aromatic heterocycles. The number of carbonyl (C=O) groups excluding carboxylic acids is 2. The Morgan fingerprint density at radius 3 is 2.34 bits per heavy atom. The Bertz CT molecular complexity index is 1130. The zero-order valence-electron chi connectivity index (χ0n) is 20.8. The Morgan fingerprint density at radius 1 is 0.971 bits per heavy atom. The molecule has 1 saturated heterocycles. The van der Waals surface area contributed by atoms with Gasteiger partial charge in [0.15, 0.2) is 0 Å². The Labute approximate surface area is 207 Å². The number of nitrogens with one attached hydrogen (secondary N) is 1. The van der Waals surface area contributed by atoms with Crippen LogP contribution in [0.3, 0.4) is 0 Å². The standard InChI is InChI=1S/C27H34N6O2/c1-21-8-7-9-22(2)27(21)29-25(34)19-31-12-14-32(15-13-31)26(35)20-30(3)17-23-16-28-33(18-23)24-10-5-4-6-11-24/h4-11,16,18H,12-15,17,19-20H2,1-3H3,(H,29,34). The van der Waals surface area contributed by atoms with E-state index >= 15 is 0 Å². The van der Waals surface area contributed by atoms with Crippen molar-refractivity contribution in [1.82, 2.24) is 24.5 Å². The molecule has 0 saturated carbocycles.